The molecule has 0 spiro atoms. The maximum atomic E-state index is 10.7. The first-order valence-corrected chi connectivity index (χ1v) is 5.90. The molecule has 1 N–H and O–H groups in total. The van der Waals surface area contributed by atoms with Crippen molar-refractivity contribution in [2.24, 2.45) is 0 Å². The average Bonchev–Trinajstić information content (AvgIpc) is 2.96. The van der Waals surface area contributed by atoms with Gasteiger partial charge < -0.3 is 19.2 Å². The number of furan rings is 1. The van der Waals surface area contributed by atoms with Crippen LogP contribution in [0.15, 0.2) is 16.5 Å². The van der Waals surface area contributed by atoms with Gasteiger partial charge in [-0.2, -0.15) is 0 Å². The lowest BCUT2D eigenvalue weighted by molar-refractivity contribution is 0.0663. The number of carbonyl (C=O) groups is 1. The Morgan fingerprint density at radius 2 is 2.41 bits per heavy atom. The third kappa shape index (κ3) is 2.79. The van der Waals surface area contributed by atoms with E-state index in [4.69, 9.17) is 14.3 Å². The molecule has 2 heterocycles. The number of hydrogen-bond acceptors (Lipinski definition) is 4. The Morgan fingerprint density at radius 3 is 2.94 bits per heavy atom. The third-order valence-electron chi connectivity index (χ3n) is 2.94. The smallest absolute Gasteiger partial charge is 0.371 e. The summed E-state index contributed by atoms with van der Waals surface area (Å²) in [5.41, 5.74) is 0. The van der Waals surface area contributed by atoms with Crippen LogP contribution >= 0.6 is 0 Å². The van der Waals surface area contributed by atoms with E-state index in [-0.39, 0.29) is 11.9 Å². The number of rotatable bonds is 5. The number of nitrogens with zero attached hydrogens (tertiary/aromatic N) is 1. The minimum Gasteiger partial charge on any atom is -0.475 e. The van der Waals surface area contributed by atoms with Gasteiger partial charge in [-0.1, -0.05) is 0 Å². The van der Waals surface area contributed by atoms with Gasteiger partial charge in [-0.05, 0) is 25.8 Å². The van der Waals surface area contributed by atoms with Gasteiger partial charge in [0.25, 0.3) is 0 Å². The van der Waals surface area contributed by atoms with Crippen LogP contribution < -0.4 is 4.90 Å². The van der Waals surface area contributed by atoms with E-state index >= 15 is 0 Å². The SMILES string of the molecule is CCN(CC1CCCO1)c1ccc(C(=O)O)o1. The summed E-state index contributed by atoms with van der Waals surface area (Å²) in [5, 5.41) is 8.80. The largest absolute Gasteiger partial charge is 0.475 e. The molecule has 1 fully saturated rings. The Morgan fingerprint density at radius 1 is 1.59 bits per heavy atom. The number of carboxylic acid groups (broad SMARTS) is 1. The molecular weight excluding hydrogens is 222 g/mol. The fourth-order valence-corrected chi connectivity index (χ4v) is 2.02. The topological polar surface area (TPSA) is 62.9 Å². The zero-order chi connectivity index (χ0) is 12.3. The standard InChI is InChI=1S/C12H17NO4/c1-2-13(8-9-4-3-7-16-9)11-6-5-10(17-11)12(14)15/h5-6,9H,2-4,7-8H2,1H3,(H,14,15). The summed E-state index contributed by atoms with van der Waals surface area (Å²) in [5.74, 6) is -0.462. The van der Waals surface area contributed by atoms with Crippen LogP contribution in [0.2, 0.25) is 0 Å². The van der Waals surface area contributed by atoms with Gasteiger partial charge in [0.2, 0.25) is 5.76 Å². The number of hydrogen-bond donors (Lipinski definition) is 1. The van der Waals surface area contributed by atoms with Gasteiger partial charge in [0.05, 0.1) is 6.10 Å². The van der Waals surface area contributed by atoms with Crippen LogP contribution in [0.4, 0.5) is 5.88 Å². The van der Waals surface area contributed by atoms with Crippen molar-refractivity contribution in [3.05, 3.63) is 17.9 Å². The highest BCUT2D eigenvalue weighted by molar-refractivity contribution is 5.84. The lowest BCUT2D eigenvalue weighted by Crippen LogP contribution is -2.31. The van der Waals surface area contributed by atoms with E-state index in [0.29, 0.717) is 5.88 Å². The lowest BCUT2D eigenvalue weighted by atomic mass is 10.2. The minimum atomic E-state index is -1.04. The van der Waals surface area contributed by atoms with Crippen molar-refractivity contribution >= 4 is 11.9 Å². The minimum absolute atomic E-state index is 0.0224. The predicted octanol–water partition coefficient (Wildman–Crippen LogP) is 1.98. The average molecular weight is 239 g/mol. The first-order valence-electron chi connectivity index (χ1n) is 5.90. The number of aromatic carboxylic acids is 1. The summed E-state index contributed by atoms with van der Waals surface area (Å²) in [6.45, 7) is 4.36. The zero-order valence-electron chi connectivity index (χ0n) is 9.89. The van der Waals surface area contributed by atoms with Crippen LogP contribution in [0.1, 0.15) is 30.3 Å². The van der Waals surface area contributed by atoms with Crippen molar-refractivity contribution in [1.82, 2.24) is 0 Å². The zero-order valence-corrected chi connectivity index (χ0v) is 9.89. The van der Waals surface area contributed by atoms with Crippen LogP contribution in [0.3, 0.4) is 0 Å². The Bertz CT molecular complexity index is 382. The predicted molar refractivity (Wildman–Crippen MR) is 62.5 cm³/mol. The number of carboxylic acids is 1. The highest BCUT2D eigenvalue weighted by Crippen LogP contribution is 2.21. The molecule has 5 nitrogen and oxygen atoms in total. The molecule has 0 amide bonds. The van der Waals surface area contributed by atoms with Gasteiger partial charge in [0.15, 0.2) is 5.88 Å². The van der Waals surface area contributed by atoms with Gasteiger partial charge in [-0.15, -0.1) is 0 Å². The lowest BCUT2D eigenvalue weighted by Gasteiger charge is -2.23. The molecule has 2 rings (SSSR count). The van der Waals surface area contributed by atoms with E-state index in [1.807, 2.05) is 11.8 Å². The van der Waals surface area contributed by atoms with Gasteiger partial charge >= 0.3 is 5.97 Å². The number of likely N-dealkylation sites (N-methyl/N-ethyl adjacent to an activating group) is 1. The summed E-state index contributed by atoms with van der Waals surface area (Å²) < 4.78 is 10.8. The monoisotopic (exact) mass is 239 g/mol. The molecule has 1 aliphatic heterocycles. The van der Waals surface area contributed by atoms with Crippen LogP contribution in [0, 0.1) is 0 Å². The first-order chi connectivity index (χ1) is 8.20. The van der Waals surface area contributed by atoms with Gasteiger partial charge in [0.1, 0.15) is 0 Å². The molecule has 0 saturated carbocycles. The second-order valence-corrected chi connectivity index (χ2v) is 4.12. The van der Waals surface area contributed by atoms with Crippen molar-refractivity contribution in [3.63, 3.8) is 0 Å². The molecule has 1 unspecified atom stereocenters. The fourth-order valence-electron chi connectivity index (χ4n) is 2.02. The molecule has 5 heteroatoms. The third-order valence-corrected chi connectivity index (χ3v) is 2.94. The van der Waals surface area contributed by atoms with Gasteiger partial charge in [0, 0.05) is 25.8 Å². The molecular formula is C12H17NO4. The highest BCUT2D eigenvalue weighted by atomic mass is 16.5. The molecule has 1 atom stereocenters. The molecule has 0 bridgehead atoms. The summed E-state index contributed by atoms with van der Waals surface area (Å²) in [4.78, 5) is 12.7. The summed E-state index contributed by atoms with van der Waals surface area (Å²) in [6, 6.07) is 3.18. The van der Waals surface area contributed by atoms with E-state index < -0.39 is 5.97 Å². The van der Waals surface area contributed by atoms with Crippen LogP contribution in [-0.4, -0.2) is 36.9 Å². The van der Waals surface area contributed by atoms with Crippen molar-refractivity contribution in [2.45, 2.75) is 25.9 Å². The first kappa shape index (κ1) is 12.0. The Hall–Kier alpha value is -1.49. The number of anilines is 1. The second-order valence-electron chi connectivity index (χ2n) is 4.12. The van der Waals surface area contributed by atoms with Gasteiger partial charge in [-0.25, -0.2) is 4.79 Å². The normalized spacial score (nSPS) is 19.5. The highest BCUT2D eigenvalue weighted by Gasteiger charge is 2.21. The molecule has 1 saturated heterocycles. The van der Waals surface area contributed by atoms with Crippen molar-refractivity contribution in [3.8, 4) is 0 Å². The van der Waals surface area contributed by atoms with E-state index in [1.54, 1.807) is 6.07 Å². The molecule has 0 radical (unpaired) electrons. The van der Waals surface area contributed by atoms with Crippen LogP contribution in [0.25, 0.3) is 0 Å². The molecule has 1 aromatic heterocycles. The van der Waals surface area contributed by atoms with E-state index in [2.05, 4.69) is 0 Å². The summed E-state index contributed by atoms with van der Waals surface area (Å²) in [6.07, 6.45) is 2.39. The van der Waals surface area contributed by atoms with Crippen molar-refractivity contribution < 1.29 is 19.1 Å². The Labute approximate surface area is 100.0 Å². The quantitative estimate of drug-likeness (QED) is 0.851. The van der Waals surface area contributed by atoms with Crippen LogP contribution in [0.5, 0.6) is 0 Å². The van der Waals surface area contributed by atoms with Crippen molar-refractivity contribution in [2.75, 3.05) is 24.6 Å². The van der Waals surface area contributed by atoms with E-state index in [9.17, 15) is 4.79 Å². The fraction of sp³-hybridized carbons (Fsp3) is 0.583. The Kier molecular flexibility index (Phi) is 3.68. The molecule has 94 valence electrons. The molecule has 1 aromatic rings. The van der Waals surface area contributed by atoms with Gasteiger partial charge in [-0.3, -0.25) is 0 Å². The second kappa shape index (κ2) is 5.23. The molecule has 1 aliphatic rings. The van der Waals surface area contributed by atoms with Crippen LogP contribution in [-0.2, 0) is 4.74 Å². The maximum absolute atomic E-state index is 10.7. The summed E-state index contributed by atoms with van der Waals surface area (Å²) >= 11 is 0. The molecule has 0 aromatic carbocycles. The number of ether oxygens (including phenoxy) is 1. The maximum Gasteiger partial charge on any atom is 0.371 e. The Balaban J connectivity index is 2.02. The van der Waals surface area contributed by atoms with Crippen molar-refractivity contribution in [1.29, 1.82) is 0 Å². The van der Waals surface area contributed by atoms with E-state index in [0.717, 1.165) is 32.5 Å². The van der Waals surface area contributed by atoms with E-state index in [1.165, 1.54) is 6.07 Å². The molecule has 0 aliphatic carbocycles. The summed E-state index contributed by atoms with van der Waals surface area (Å²) in [7, 11) is 0. The molecule has 17 heavy (non-hydrogen) atoms.